The SMILES string of the molecule is CC(C)N(CC1CCCNC1)c1ccncc1. The van der Waals surface area contributed by atoms with Crippen LogP contribution < -0.4 is 10.2 Å². The molecule has 1 aromatic heterocycles. The minimum Gasteiger partial charge on any atom is -0.369 e. The van der Waals surface area contributed by atoms with Gasteiger partial charge >= 0.3 is 0 Å². The summed E-state index contributed by atoms with van der Waals surface area (Å²) in [6, 6.07) is 4.76. The number of nitrogens with zero attached hydrogens (tertiary/aromatic N) is 2. The molecule has 0 amide bonds. The van der Waals surface area contributed by atoms with Crippen LogP contribution >= 0.6 is 0 Å². The van der Waals surface area contributed by atoms with Crippen LogP contribution in [0.3, 0.4) is 0 Å². The first kappa shape index (κ1) is 12.4. The van der Waals surface area contributed by atoms with Crippen LogP contribution in [0.15, 0.2) is 24.5 Å². The van der Waals surface area contributed by atoms with Crippen molar-refractivity contribution in [3.05, 3.63) is 24.5 Å². The van der Waals surface area contributed by atoms with Crippen LogP contribution in [-0.4, -0.2) is 30.7 Å². The number of hydrogen-bond acceptors (Lipinski definition) is 3. The zero-order chi connectivity index (χ0) is 12.1. The summed E-state index contributed by atoms with van der Waals surface area (Å²) in [5.74, 6) is 0.777. The molecule has 0 saturated carbocycles. The second-order valence-electron chi connectivity index (χ2n) is 5.16. The number of piperidine rings is 1. The zero-order valence-corrected chi connectivity index (χ0v) is 10.9. The number of rotatable bonds is 4. The minimum absolute atomic E-state index is 0.541. The molecule has 1 atom stereocenters. The Hall–Kier alpha value is -1.09. The van der Waals surface area contributed by atoms with Gasteiger partial charge in [-0.05, 0) is 57.8 Å². The van der Waals surface area contributed by atoms with E-state index in [1.54, 1.807) is 0 Å². The molecule has 3 nitrogen and oxygen atoms in total. The summed E-state index contributed by atoms with van der Waals surface area (Å²) in [6.45, 7) is 8.02. The molecular weight excluding hydrogens is 210 g/mol. The van der Waals surface area contributed by atoms with Gasteiger partial charge in [0, 0.05) is 30.7 Å². The van der Waals surface area contributed by atoms with Crippen molar-refractivity contribution in [1.29, 1.82) is 0 Å². The Kier molecular flexibility index (Phi) is 4.37. The Bertz CT molecular complexity index is 317. The molecule has 0 aromatic carbocycles. The average molecular weight is 233 g/mol. The van der Waals surface area contributed by atoms with Crippen LogP contribution in [0.25, 0.3) is 0 Å². The quantitative estimate of drug-likeness (QED) is 0.865. The largest absolute Gasteiger partial charge is 0.369 e. The van der Waals surface area contributed by atoms with E-state index < -0.39 is 0 Å². The van der Waals surface area contributed by atoms with E-state index >= 15 is 0 Å². The van der Waals surface area contributed by atoms with Crippen molar-refractivity contribution in [3.63, 3.8) is 0 Å². The van der Waals surface area contributed by atoms with Gasteiger partial charge in [-0.15, -0.1) is 0 Å². The fourth-order valence-electron chi connectivity index (χ4n) is 2.51. The number of aromatic nitrogens is 1. The van der Waals surface area contributed by atoms with Gasteiger partial charge in [-0.25, -0.2) is 0 Å². The molecule has 94 valence electrons. The molecule has 1 saturated heterocycles. The minimum atomic E-state index is 0.541. The van der Waals surface area contributed by atoms with Crippen molar-refractivity contribution in [3.8, 4) is 0 Å². The maximum Gasteiger partial charge on any atom is 0.0399 e. The highest BCUT2D eigenvalue weighted by Crippen LogP contribution is 2.20. The first-order valence-corrected chi connectivity index (χ1v) is 6.65. The van der Waals surface area contributed by atoms with Gasteiger partial charge in [0.1, 0.15) is 0 Å². The summed E-state index contributed by atoms with van der Waals surface area (Å²) in [5, 5.41) is 3.49. The lowest BCUT2D eigenvalue weighted by Gasteiger charge is -2.34. The predicted molar refractivity (Wildman–Crippen MR) is 72.3 cm³/mol. The van der Waals surface area contributed by atoms with Crippen LogP contribution in [-0.2, 0) is 0 Å². The van der Waals surface area contributed by atoms with Crippen LogP contribution in [0.2, 0.25) is 0 Å². The normalized spacial score (nSPS) is 20.5. The Balaban J connectivity index is 2.02. The van der Waals surface area contributed by atoms with Gasteiger partial charge < -0.3 is 10.2 Å². The van der Waals surface area contributed by atoms with Crippen molar-refractivity contribution in [2.45, 2.75) is 32.7 Å². The lowest BCUT2D eigenvalue weighted by Crippen LogP contribution is -2.41. The van der Waals surface area contributed by atoms with Gasteiger partial charge in [0.05, 0.1) is 0 Å². The zero-order valence-electron chi connectivity index (χ0n) is 10.9. The molecule has 17 heavy (non-hydrogen) atoms. The number of hydrogen-bond donors (Lipinski definition) is 1. The van der Waals surface area contributed by atoms with E-state index in [1.807, 2.05) is 12.4 Å². The van der Waals surface area contributed by atoms with E-state index in [4.69, 9.17) is 0 Å². The lowest BCUT2D eigenvalue weighted by atomic mass is 9.98. The molecule has 1 fully saturated rings. The van der Waals surface area contributed by atoms with Crippen LogP contribution in [0.1, 0.15) is 26.7 Å². The second kappa shape index (κ2) is 6.01. The van der Waals surface area contributed by atoms with Gasteiger partial charge in [0.25, 0.3) is 0 Å². The van der Waals surface area contributed by atoms with Gasteiger partial charge in [-0.2, -0.15) is 0 Å². The number of nitrogens with one attached hydrogen (secondary N) is 1. The molecule has 0 radical (unpaired) electrons. The molecule has 0 bridgehead atoms. The van der Waals surface area contributed by atoms with Crippen molar-refractivity contribution in [2.24, 2.45) is 5.92 Å². The summed E-state index contributed by atoms with van der Waals surface area (Å²) in [7, 11) is 0. The standard InChI is InChI=1S/C14H23N3/c1-12(2)17(14-5-8-15-9-6-14)11-13-4-3-7-16-10-13/h5-6,8-9,12-13,16H,3-4,7,10-11H2,1-2H3. The topological polar surface area (TPSA) is 28.2 Å². The van der Waals surface area contributed by atoms with Crippen molar-refractivity contribution < 1.29 is 0 Å². The molecule has 1 aromatic rings. The van der Waals surface area contributed by atoms with Gasteiger partial charge in [0.2, 0.25) is 0 Å². The third-order valence-corrected chi connectivity index (χ3v) is 3.47. The second-order valence-corrected chi connectivity index (χ2v) is 5.16. The number of anilines is 1. The molecule has 0 spiro atoms. The van der Waals surface area contributed by atoms with Gasteiger partial charge in [0.15, 0.2) is 0 Å². The van der Waals surface area contributed by atoms with E-state index in [2.05, 4.69) is 41.2 Å². The van der Waals surface area contributed by atoms with E-state index in [9.17, 15) is 0 Å². The third kappa shape index (κ3) is 3.43. The highest BCUT2D eigenvalue weighted by molar-refractivity contribution is 5.45. The Morgan fingerprint density at radius 2 is 2.18 bits per heavy atom. The van der Waals surface area contributed by atoms with Crippen LogP contribution in [0, 0.1) is 5.92 Å². The Morgan fingerprint density at radius 1 is 1.41 bits per heavy atom. The molecular formula is C14H23N3. The first-order valence-electron chi connectivity index (χ1n) is 6.65. The molecule has 1 aliphatic heterocycles. The van der Waals surface area contributed by atoms with E-state index in [-0.39, 0.29) is 0 Å². The van der Waals surface area contributed by atoms with Crippen molar-refractivity contribution in [1.82, 2.24) is 10.3 Å². The summed E-state index contributed by atoms with van der Waals surface area (Å²) in [4.78, 5) is 6.58. The van der Waals surface area contributed by atoms with Crippen molar-refractivity contribution in [2.75, 3.05) is 24.5 Å². The Labute approximate surface area is 104 Å². The van der Waals surface area contributed by atoms with Gasteiger partial charge in [-0.3, -0.25) is 4.98 Å². The fourth-order valence-corrected chi connectivity index (χ4v) is 2.51. The Morgan fingerprint density at radius 3 is 2.76 bits per heavy atom. The highest BCUT2D eigenvalue weighted by atomic mass is 15.2. The molecule has 2 heterocycles. The fraction of sp³-hybridized carbons (Fsp3) is 0.643. The van der Waals surface area contributed by atoms with Gasteiger partial charge in [-0.1, -0.05) is 0 Å². The monoisotopic (exact) mass is 233 g/mol. The molecule has 0 aliphatic carbocycles. The van der Waals surface area contributed by atoms with E-state index in [1.165, 1.54) is 25.1 Å². The number of pyridine rings is 1. The first-order chi connectivity index (χ1) is 8.27. The average Bonchev–Trinajstić information content (AvgIpc) is 2.38. The highest BCUT2D eigenvalue weighted by Gasteiger charge is 2.18. The summed E-state index contributed by atoms with van der Waals surface area (Å²) < 4.78 is 0. The smallest absolute Gasteiger partial charge is 0.0399 e. The predicted octanol–water partition coefficient (Wildman–Crippen LogP) is 2.30. The van der Waals surface area contributed by atoms with Crippen LogP contribution in [0.4, 0.5) is 5.69 Å². The molecule has 1 N–H and O–H groups in total. The van der Waals surface area contributed by atoms with E-state index in [0.29, 0.717) is 6.04 Å². The molecule has 1 aliphatic rings. The summed E-state index contributed by atoms with van der Waals surface area (Å²) >= 11 is 0. The lowest BCUT2D eigenvalue weighted by molar-refractivity contribution is 0.371. The van der Waals surface area contributed by atoms with Crippen molar-refractivity contribution >= 4 is 5.69 Å². The molecule has 2 rings (SSSR count). The maximum atomic E-state index is 4.09. The maximum absolute atomic E-state index is 4.09. The summed E-state index contributed by atoms with van der Waals surface area (Å²) in [6.07, 6.45) is 6.42. The van der Waals surface area contributed by atoms with Crippen LogP contribution in [0.5, 0.6) is 0 Å². The molecule has 1 unspecified atom stereocenters. The molecule has 3 heteroatoms. The third-order valence-electron chi connectivity index (χ3n) is 3.47. The van der Waals surface area contributed by atoms with E-state index in [0.717, 1.165) is 19.0 Å². The summed E-state index contributed by atoms with van der Waals surface area (Å²) in [5.41, 5.74) is 1.29.